The van der Waals surface area contributed by atoms with Gasteiger partial charge in [-0.1, -0.05) is 42.5 Å². The lowest BCUT2D eigenvalue weighted by Crippen LogP contribution is -2.12. The van der Waals surface area contributed by atoms with E-state index in [0.29, 0.717) is 22.1 Å². The van der Waals surface area contributed by atoms with Crippen molar-refractivity contribution in [2.45, 2.75) is 0 Å². The molecule has 0 unspecified atom stereocenters. The van der Waals surface area contributed by atoms with Crippen LogP contribution in [0.2, 0.25) is 0 Å². The molecule has 4 aromatic rings. The number of carboxylic acid groups (broad SMARTS) is 1. The summed E-state index contributed by atoms with van der Waals surface area (Å²) in [4.78, 5) is 23.8. The van der Waals surface area contributed by atoms with Crippen LogP contribution in [0.3, 0.4) is 0 Å². The minimum Gasteiger partial charge on any atom is -0.505 e. The van der Waals surface area contributed by atoms with E-state index in [9.17, 15) is 14.7 Å². The number of aromatic hydroxyl groups is 1. The highest BCUT2D eigenvalue weighted by Gasteiger charge is 2.18. The number of carbonyl (C=O) groups is 2. The van der Waals surface area contributed by atoms with E-state index in [2.05, 4.69) is 15.5 Å². The lowest BCUT2D eigenvalue weighted by molar-refractivity contribution is 0.0696. The molecule has 0 saturated carbocycles. The lowest BCUT2D eigenvalue weighted by Gasteiger charge is -2.11. The number of carboxylic acids is 1. The van der Waals surface area contributed by atoms with Crippen molar-refractivity contribution in [1.29, 1.82) is 0 Å². The highest BCUT2D eigenvalue weighted by Crippen LogP contribution is 2.39. The molecular weight excluding hydrogens is 394 g/mol. The van der Waals surface area contributed by atoms with Gasteiger partial charge in [-0.3, -0.25) is 4.79 Å². The third-order valence-electron chi connectivity index (χ3n) is 4.65. The van der Waals surface area contributed by atoms with Crippen LogP contribution in [-0.4, -0.2) is 22.1 Å². The fourth-order valence-electron chi connectivity index (χ4n) is 3.09. The molecule has 4 aromatic carbocycles. The van der Waals surface area contributed by atoms with Gasteiger partial charge in [0.15, 0.2) is 5.75 Å². The van der Waals surface area contributed by atoms with Gasteiger partial charge < -0.3 is 15.5 Å². The standard InChI is InChI=1S/C24H17N3O4/c28-22-20(23(29)25-17-7-2-1-3-8-17)14-16-6-4-5-9-19(16)21(22)27-26-18-12-10-15(11-13-18)24(30)31/h1-14,28H,(H,25,29)(H,30,31). The molecule has 7 heteroatoms. The fraction of sp³-hybridized carbons (Fsp3) is 0. The number of hydrogen-bond donors (Lipinski definition) is 3. The summed E-state index contributed by atoms with van der Waals surface area (Å²) in [6, 6.07) is 23.6. The number of benzene rings is 4. The molecule has 0 aliphatic heterocycles. The molecule has 0 aliphatic carbocycles. The maximum atomic E-state index is 12.8. The van der Waals surface area contributed by atoms with Crippen molar-refractivity contribution >= 4 is 39.7 Å². The molecule has 7 nitrogen and oxygen atoms in total. The Kier molecular flexibility index (Phi) is 5.40. The number of amides is 1. The molecule has 0 radical (unpaired) electrons. The van der Waals surface area contributed by atoms with Crippen LogP contribution in [0, 0.1) is 0 Å². The number of carbonyl (C=O) groups excluding carboxylic acids is 1. The summed E-state index contributed by atoms with van der Waals surface area (Å²) in [5, 5.41) is 32.2. The smallest absolute Gasteiger partial charge is 0.335 e. The third kappa shape index (κ3) is 4.25. The van der Waals surface area contributed by atoms with Crippen LogP contribution in [-0.2, 0) is 0 Å². The molecule has 0 aromatic heterocycles. The summed E-state index contributed by atoms with van der Waals surface area (Å²) in [6.07, 6.45) is 0. The Labute approximate surface area is 177 Å². The first-order chi connectivity index (χ1) is 15.0. The minimum atomic E-state index is -1.04. The Morgan fingerprint density at radius 3 is 2.19 bits per heavy atom. The van der Waals surface area contributed by atoms with Gasteiger partial charge in [-0.2, -0.15) is 5.11 Å². The zero-order chi connectivity index (χ0) is 21.8. The van der Waals surface area contributed by atoms with E-state index in [1.807, 2.05) is 18.2 Å². The van der Waals surface area contributed by atoms with Crippen molar-refractivity contribution in [2.75, 3.05) is 5.32 Å². The molecule has 0 bridgehead atoms. The Hall–Kier alpha value is -4.52. The number of azo groups is 1. The number of anilines is 1. The second-order valence-corrected chi connectivity index (χ2v) is 6.71. The Balaban J connectivity index is 1.74. The molecule has 1 amide bonds. The van der Waals surface area contributed by atoms with Crippen LogP contribution < -0.4 is 5.32 Å². The van der Waals surface area contributed by atoms with Crippen LogP contribution in [0.5, 0.6) is 5.75 Å². The fourth-order valence-corrected chi connectivity index (χ4v) is 3.09. The van der Waals surface area contributed by atoms with E-state index in [-0.39, 0.29) is 22.6 Å². The van der Waals surface area contributed by atoms with Gasteiger partial charge in [0.2, 0.25) is 0 Å². The predicted octanol–water partition coefficient (Wildman–Crippen LogP) is 5.91. The van der Waals surface area contributed by atoms with Gasteiger partial charge >= 0.3 is 5.97 Å². The average molecular weight is 411 g/mol. The number of fused-ring (bicyclic) bond motifs is 1. The van der Waals surface area contributed by atoms with Crippen molar-refractivity contribution in [3.05, 3.63) is 96.1 Å². The molecule has 0 heterocycles. The number of phenolic OH excluding ortho intramolecular Hbond substituents is 1. The van der Waals surface area contributed by atoms with E-state index in [0.717, 1.165) is 0 Å². The molecule has 0 fully saturated rings. The zero-order valence-corrected chi connectivity index (χ0v) is 16.2. The number of nitrogens with zero attached hydrogens (tertiary/aromatic N) is 2. The summed E-state index contributed by atoms with van der Waals surface area (Å²) in [5.41, 5.74) is 1.36. The van der Waals surface area contributed by atoms with Crippen LogP contribution in [0.4, 0.5) is 17.1 Å². The largest absolute Gasteiger partial charge is 0.505 e. The number of phenols is 1. The van der Waals surface area contributed by atoms with E-state index < -0.39 is 11.9 Å². The summed E-state index contributed by atoms with van der Waals surface area (Å²) in [7, 11) is 0. The first kappa shape index (κ1) is 19.8. The Morgan fingerprint density at radius 1 is 0.806 bits per heavy atom. The number of hydrogen-bond acceptors (Lipinski definition) is 5. The SMILES string of the molecule is O=C(O)c1ccc(N=Nc2c(O)c(C(=O)Nc3ccccc3)cc3ccccc23)cc1. The van der Waals surface area contributed by atoms with Gasteiger partial charge in [-0.05, 0) is 47.9 Å². The topological polar surface area (TPSA) is 111 Å². The number of nitrogens with one attached hydrogen (secondary N) is 1. The van der Waals surface area contributed by atoms with Gasteiger partial charge in [0.25, 0.3) is 5.91 Å². The average Bonchev–Trinajstić information content (AvgIpc) is 2.79. The molecule has 0 atom stereocenters. The Morgan fingerprint density at radius 2 is 1.48 bits per heavy atom. The predicted molar refractivity (Wildman–Crippen MR) is 118 cm³/mol. The van der Waals surface area contributed by atoms with Crippen molar-refractivity contribution in [3.63, 3.8) is 0 Å². The van der Waals surface area contributed by atoms with Crippen LogP contribution >= 0.6 is 0 Å². The maximum Gasteiger partial charge on any atom is 0.335 e. The van der Waals surface area contributed by atoms with E-state index in [4.69, 9.17) is 5.11 Å². The summed E-state index contributed by atoms with van der Waals surface area (Å²) < 4.78 is 0. The van der Waals surface area contributed by atoms with Crippen molar-refractivity contribution in [3.8, 4) is 5.75 Å². The van der Waals surface area contributed by atoms with Crippen molar-refractivity contribution in [1.82, 2.24) is 0 Å². The second kappa shape index (κ2) is 8.46. The lowest BCUT2D eigenvalue weighted by atomic mass is 10.0. The van der Waals surface area contributed by atoms with Gasteiger partial charge in [0.05, 0.1) is 16.8 Å². The summed E-state index contributed by atoms with van der Waals surface area (Å²) in [6.45, 7) is 0. The van der Waals surface area contributed by atoms with E-state index >= 15 is 0 Å². The molecule has 31 heavy (non-hydrogen) atoms. The van der Waals surface area contributed by atoms with E-state index in [1.54, 1.807) is 42.5 Å². The molecule has 0 spiro atoms. The molecule has 0 aliphatic rings. The van der Waals surface area contributed by atoms with Crippen LogP contribution in [0.1, 0.15) is 20.7 Å². The van der Waals surface area contributed by atoms with Gasteiger partial charge in [0, 0.05) is 11.1 Å². The number of para-hydroxylation sites is 1. The van der Waals surface area contributed by atoms with Crippen LogP contribution in [0.25, 0.3) is 10.8 Å². The second-order valence-electron chi connectivity index (χ2n) is 6.71. The number of aromatic carboxylic acids is 1. The monoisotopic (exact) mass is 411 g/mol. The molecule has 152 valence electrons. The third-order valence-corrected chi connectivity index (χ3v) is 4.65. The highest BCUT2D eigenvalue weighted by molar-refractivity contribution is 6.11. The molecular formula is C24H17N3O4. The highest BCUT2D eigenvalue weighted by atomic mass is 16.4. The summed E-state index contributed by atoms with van der Waals surface area (Å²) in [5.74, 6) is -1.81. The first-order valence-electron chi connectivity index (χ1n) is 9.39. The van der Waals surface area contributed by atoms with Gasteiger partial charge in [-0.25, -0.2) is 4.79 Å². The molecule has 3 N–H and O–H groups in total. The van der Waals surface area contributed by atoms with Gasteiger partial charge in [-0.15, -0.1) is 5.11 Å². The number of rotatable bonds is 5. The van der Waals surface area contributed by atoms with E-state index in [1.165, 1.54) is 24.3 Å². The molecule has 4 rings (SSSR count). The zero-order valence-electron chi connectivity index (χ0n) is 16.2. The van der Waals surface area contributed by atoms with Gasteiger partial charge in [0.1, 0.15) is 5.69 Å². The Bertz CT molecular complexity index is 1300. The quantitative estimate of drug-likeness (QED) is 0.354. The maximum absolute atomic E-state index is 12.8. The van der Waals surface area contributed by atoms with Crippen molar-refractivity contribution in [2.24, 2.45) is 10.2 Å². The minimum absolute atomic E-state index is 0.0673. The molecule has 0 saturated heterocycles. The summed E-state index contributed by atoms with van der Waals surface area (Å²) >= 11 is 0. The normalized spacial score (nSPS) is 11.0. The van der Waals surface area contributed by atoms with Crippen LogP contribution in [0.15, 0.2) is 95.2 Å². The first-order valence-corrected chi connectivity index (χ1v) is 9.39. The van der Waals surface area contributed by atoms with Crippen molar-refractivity contribution < 1.29 is 19.8 Å².